The maximum atomic E-state index is 6.20. The normalized spacial score (nSPS) is 33.6. The molecule has 1 aliphatic heterocycles. The molecule has 2 rings (SSSR count). The van der Waals surface area contributed by atoms with Gasteiger partial charge in [0, 0.05) is 5.92 Å². The second kappa shape index (κ2) is 3.57. The third kappa shape index (κ3) is 2.05. The molecule has 0 spiro atoms. The zero-order valence-corrected chi connectivity index (χ0v) is 12.1. The third-order valence-electron chi connectivity index (χ3n) is 4.45. The van der Waals surface area contributed by atoms with Gasteiger partial charge in [-0.15, -0.1) is 0 Å². The number of rotatable bonds is 3. The summed E-state index contributed by atoms with van der Waals surface area (Å²) in [5.41, 5.74) is 5.84. The van der Waals surface area contributed by atoms with Crippen molar-refractivity contribution in [1.29, 1.82) is 0 Å². The number of fused-ring (bicyclic) bond motifs is 1. The average molecular weight is 240 g/mol. The van der Waals surface area contributed by atoms with E-state index in [2.05, 4.69) is 38.9 Å². The Morgan fingerprint density at radius 1 is 1.44 bits per heavy atom. The molecule has 3 atom stereocenters. The lowest BCUT2D eigenvalue weighted by Gasteiger charge is -2.36. The lowest BCUT2D eigenvalue weighted by Crippen LogP contribution is -2.42. The summed E-state index contributed by atoms with van der Waals surface area (Å²) in [4.78, 5) is 4.50. The van der Waals surface area contributed by atoms with Gasteiger partial charge in [-0.3, -0.25) is 4.99 Å². The van der Waals surface area contributed by atoms with Crippen molar-refractivity contribution in [1.82, 2.24) is 0 Å². The molecule has 0 aromatic rings. The molecule has 0 unspecified atom stereocenters. The Bertz CT molecular complexity index is 319. The van der Waals surface area contributed by atoms with E-state index >= 15 is 0 Å². The number of aliphatic imine (C=N–C) groups is 1. The number of hydrogen-bond donors (Lipinski definition) is 1. The highest BCUT2D eigenvalue weighted by atomic mass is 28.4. The maximum Gasteiger partial charge on any atom is 0.192 e. The van der Waals surface area contributed by atoms with Crippen molar-refractivity contribution in [2.45, 2.75) is 51.4 Å². The second-order valence-corrected chi connectivity index (χ2v) is 11.5. The van der Waals surface area contributed by atoms with Gasteiger partial charge in [-0.2, -0.15) is 0 Å². The first-order valence-corrected chi connectivity index (χ1v) is 9.10. The van der Waals surface area contributed by atoms with E-state index in [-0.39, 0.29) is 5.04 Å². The maximum absolute atomic E-state index is 6.20. The van der Waals surface area contributed by atoms with Crippen LogP contribution in [0.15, 0.2) is 4.99 Å². The van der Waals surface area contributed by atoms with E-state index in [9.17, 15) is 0 Å². The predicted octanol–water partition coefficient (Wildman–Crippen LogP) is 2.38. The predicted molar refractivity (Wildman–Crippen MR) is 70.2 cm³/mol. The van der Waals surface area contributed by atoms with Crippen LogP contribution in [0, 0.1) is 11.8 Å². The summed E-state index contributed by atoms with van der Waals surface area (Å²) in [6.07, 6.45) is 1.24. The van der Waals surface area contributed by atoms with Crippen LogP contribution in [-0.2, 0) is 4.43 Å². The zero-order chi connectivity index (χ0) is 12.1. The molecule has 1 heterocycles. The summed E-state index contributed by atoms with van der Waals surface area (Å²) in [5, 5.41) is 0.282. The Morgan fingerprint density at radius 3 is 2.44 bits per heavy atom. The third-order valence-corrected chi connectivity index (χ3v) is 8.95. The lowest BCUT2D eigenvalue weighted by atomic mass is 10.2. The van der Waals surface area contributed by atoms with Gasteiger partial charge in [-0.05, 0) is 30.5 Å². The van der Waals surface area contributed by atoms with Gasteiger partial charge < -0.3 is 10.2 Å². The van der Waals surface area contributed by atoms with E-state index in [1.54, 1.807) is 0 Å². The Labute approximate surface area is 99.6 Å². The van der Waals surface area contributed by atoms with Crippen molar-refractivity contribution in [3.8, 4) is 0 Å². The van der Waals surface area contributed by atoms with Gasteiger partial charge in [0.15, 0.2) is 8.32 Å². The van der Waals surface area contributed by atoms with Gasteiger partial charge in [0.05, 0.1) is 18.5 Å². The molecule has 16 heavy (non-hydrogen) atoms. The van der Waals surface area contributed by atoms with Crippen LogP contribution < -0.4 is 5.73 Å². The molecule has 0 bridgehead atoms. The number of amidine groups is 1. The summed E-state index contributed by atoms with van der Waals surface area (Å²) >= 11 is 0. The van der Waals surface area contributed by atoms with Crippen LogP contribution in [0.25, 0.3) is 0 Å². The van der Waals surface area contributed by atoms with Gasteiger partial charge in [0.2, 0.25) is 0 Å². The van der Waals surface area contributed by atoms with Crippen LogP contribution in [-0.4, -0.2) is 26.8 Å². The van der Waals surface area contributed by atoms with Crippen LogP contribution in [0.1, 0.15) is 27.2 Å². The van der Waals surface area contributed by atoms with Gasteiger partial charge in [-0.1, -0.05) is 20.8 Å². The molecule has 0 radical (unpaired) electrons. The molecule has 3 nitrogen and oxygen atoms in total. The molecule has 0 aromatic carbocycles. The largest absolute Gasteiger partial charge is 0.415 e. The Hall–Kier alpha value is -0.353. The first-order chi connectivity index (χ1) is 7.22. The minimum Gasteiger partial charge on any atom is -0.415 e. The quantitative estimate of drug-likeness (QED) is 0.770. The summed E-state index contributed by atoms with van der Waals surface area (Å²) in [6.45, 7) is 12.2. The summed E-state index contributed by atoms with van der Waals surface area (Å²) < 4.78 is 6.20. The van der Waals surface area contributed by atoms with Crippen LogP contribution in [0.3, 0.4) is 0 Å². The smallest absolute Gasteiger partial charge is 0.192 e. The van der Waals surface area contributed by atoms with Crippen molar-refractivity contribution in [2.75, 3.05) is 6.61 Å². The van der Waals surface area contributed by atoms with E-state index in [0.29, 0.717) is 17.9 Å². The van der Waals surface area contributed by atoms with Crippen molar-refractivity contribution >= 4 is 14.2 Å². The van der Waals surface area contributed by atoms with Crippen LogP contribution in [0.2, 0.25) is 18.1 Å². The van der Waals surface area contributed by atoms with Crippen molar-refractivity contribution in [2.24, 2.45) is 22.6 Å². The van der Waals surface area contributed by atoms with Crippen molar-refractivity contribution in [3.63, 3.8) is 0 Å². The number of nitrogens with two attached hydrogens (primary N) is 1. The minimum atomic E-state index is -1.62. The fourth-order valence-corrected chi connectivity index (χ4v) is 3.05. The summed E-state index contributed by atoms with van der Waals surface area (Å²) in [5.74, 6) is 2.16. The fourth-order valence-electron chi connectivity index (χ4n) is 2.03. The minimum absolute atomic E-state index is 0.282. The molecule has 0 saturated heterocycles. The van der Waals surface area contributed by atoms with Crippen LogP contribution in [0.4, 0.5) is 0 Å². The average Bonchev–Trinajstić information content (AvgIpc) is 2.84. The molecule has 0 aromatic heterocycles. The first kappa shape index (κ1) is 12.1. The molecular formula is C12H24N2OSi. The van der Waals surface area contributed by atoms with Gasteiger partial charge in [0.1, 0.15) is 0 Å². The number of nitrogens with zero attached hydrogens (tertiary/aromatic N) is 1. The molecule has 92 valence electrons. The van der Waals surface area contributed by atoms with Crippen molar-refractivity contribution < 1.29 is 4.43 Å². The van der Waals surface area contributed by atoms with Gasteiger partial charge >= 0.3 is 0 Å². The van der Waals surface area contributed by atoms with E-state index in [1.165, 1.54) is 6.42 Å². The highest BCUT2D eigenvalue weighted by molar-refractivity contribution is 6.74. The molecule has 1 fully saturated rings. The molecule has 2 N–H and O–H groups in total. The number of hydrogen-bond acceptors (Lipinski definition) is 3. The Kier molecular flexibility index (Phi) is 2.70. The topological polar surface area (TPSA) is 47.6 Å². The summed E-state index contributed by atoms with van der Waals surface area (Å²) in [6, 6.07) is 0.346. The second-order valence-electron chi connectivity index (χ2n) is 6.70. The highest BCUT2D eigenvalue weighted by Crippen LogP contribution is 2.48. The SMILES string of the molecule is CC(C)(C)[Si](C)(C)OC[C@H]1N=C(N)[C@@H]2C[C@H]12. The van der Waals surface area contributed by atoms with Crippen LogP contribution in [0.5, 0.6) is 0 Å². The van der Waals surface area contributed by atoms with Crippen molar-refractivity contribution in [3.05, 3.63) is 0 Å². The molecule has 1 saturated carbocycles. The highest BCUT2D eigenvalue weighted by Gasteiger charge is 2.51. The monoisotopic (exact) mass is 240 g/mol. The Balaban J connectivity index is 1.89. The standard InChI is InChI=1S/C12H24N2OSi/c1-12(2,3)16(4,5)15-7-10-8-6-9(8)11(13)14-10/h8-10H,6-7H2,1-5H3,(H2,13,14)/t8-,9+,10+/m0/s1. The van der Waals surface area contributed by atoms with E-state index < -0.39 is 8.32 Å². The molecule has 4 heteroatoms. The van der Waals surface area contributed by atoms with Crippen LogP contribution >= 0.6 is 0 Å². The van der Waals surface area contributed by atoms with E-state index in [4.69, 9.17) is 10.2 Å². The Morgan fingerprint density at radius 2 is 2.06 bits per heavy atom. The van der Waals surface area contributed by atoms with Gasteiger partial charge in [-0.25, -0.2) is 0 Å². The zero-order valence-electron chi connectivity index (χ0n) is 11.1. The van der Waals surface area contributed by atoms with Gasteiger partial charge in [0.25, 0.3) is 0 Å². The molecular weight excluding hydrogens is 216 g/mol. The van der Waals surface area contributed by atoms with E-state index in [1.807, 2.05) is 0 Å². The molecule has 0 amide bonds. The fraction of sp³-hybridized carbons (Fsp3) is 0.917. The molecule has 2 aliphatic rings. The van der Waals surface area contributed by atoms with E-state index in [0.717, 1.165) is 12.4 Å². The lowest BCUT2D eigenvalue weighted by molar-refractivity contribution is 0.255. The molecule has 1 aliphatic carbocycles. The first-order valence-electron chi connectivity index (χ1n) is 6.19. The summed E-state index contributed by atoms with van der Waals surface area (Å²) in [7, 11) is -1.62.